The van der Waals surface area contributed by atoms with Crippen LogP contribution in [0.1, 0.15) is 42.9 Å². The molecule has 1 atom stereocenters. The molecule has 0 aliphatic carbocycles. The third-order valence-electron chi connectivity index (χ3n) is 10.2. The van der Waals surface area contributed by atoms with Gasteiger partial charge in [0.25, 0.3) is 0 Å². The molecule has 4 aromatic rings. The number of halogens is 1. The van der Waals surface area contributed by atoms with E-state index in [0.717, 1.165) is 92.2 Å². The number of rotatable bonds is 14. The second-order valence-electron chi connectivity index (χ2n) is 13.4. The molecule has 0 spiro atoms. The number of methoxy groups -OCH3 is 2. The molecule has 50 heavy (non-hydrogen) atoms. The minimum atomic E-state index is -0.553. The molecule has 0 radical (unpaired) electrons. The van der Waals surface area contributed by atoms with Crippen LogP contribution < -0.4 is 14.4 Å². The highest BCUT2D eigenvalue weighted by atomic mass is 19.1. The van der Waals surface area contributed by atoms with Crippen molar-refractivity contribution in [1.29, 1.82) is 0 Å². The highest BCUT2D eigenvalue weighted by molar-refractivity contribution is 5.85. The highest BCUT2D eigenvalue weighted by Gasteiger charge is 2.46. The maximum Gasteiger partial charge on any atom is 0.229 e. The van der Waals surface area contributed by atoms with Crippen LogP contribution in [0, 0.1) is 18.2 Å². The van der Waals surface area contributed by atoms with E-state index in [-0.39, 0.29) is 17.2 Å². The van der Waals surface area contributed by atoms with Crippen LogP contribution in [-0.4, -0.2) is 97.4 Å². The zero-order chi connectivity index (χ0) is 34.4. The van der Waals surface area contributed by atoms with Crippen LogP contribution in [0.2, 0.25) is 0 Å². The van der Waals surface area contributed by atoms with Gasteiger partial charge < -0.3 is 39.0 Å². The molecule has 0 bridgehead atoms. The van der Waals surface area contributed by atoms with E-state index in [1.807, 2.05) is 43.0 Å². The van der Waals surface area contributed by atoms with E-state index in [9.17, 15) is 9.18 Å². The normalized spacial score (nSPS) is 18.4. The van der Waals surface area contributed by atoms with E-state index in [1.54, 1.807) is 14.2 Å². The number of fused-ring (bicyclic) bond motifs is 1. The molecule has 10 nitrogen and oxygen atoms in total. The molecule has 1 aromatic heterocycles. The minimum Gasteiger partial charge on any atom is -0.493 e. The van der Waals surface area contributed by atoms with Gasteiger partial charge in [-0.25, -0.2) is 9.37 Å². The van der Waals surface area contributed by atoms with E-state index >= 15 is 0 Å². The van der Waals surface area contributed by atoms with Crippen LogP contribution in [0.3, 0.4) is 0 Å². The molecular weight excluding hydrogens is 637 g/mol. The maximum absolute atomic E-state index is 14.4. The van der Waals surface area contributed by atoms with Gasteiger partial charge in [-0.15, -0.1) is 0 Å². The van der Waals surface area contributed by atoms with Crippen molar-refractivity contribution >= 4 is 22.9 Å². The number of nitrogens with zero attached hydrogens (tertiary/aromatic N) is 5. The molecular formula is C39H52FN5O5. The van der Waals surface area contributed by atoms with E-state index < -0.39 is 5.41 Å². The summed E-state index contributed by atoms with van der Waals surface area (Å²) in [5.41, 5.74) is 4.57. The van der Waals surface area contributed by atoms with E-state index in [2.05, 4.69) is 38.6 Å². The van der Waals surface area contributed by atoms with Crippen LogP contribution in [-0.2, 0) is 29.0 Å². The molecule has 2 fully saturated rings. The Morgan fingerprint density at radius 1 is 0.920 bits per heavy atom. The number of aromatic nitrogens is 2. The Labute approximate surface area is 295 Å². The molecule has 3 aromatic carbocycles. The van der Waals surface area contributed by atoms with E-state index in [0.29, 0.717) is 44.2 Å². The van der Waals surface area contributed by atoms with Crippen LogP contribution in [0.5, 0.6) is 11.5 Å². The first-order valence-corrected chi connectivity index (χ1v) is 17.6. The summed E-state index contributed by atoms with van der Waals surface area (Å²) in [6.45, 7) is 11.8. The molecule has 2 aliphatic rings. The Morgan fingerprint density at radius 2 is 1.72 bits per heavy atom. The molecule has 2 aliphatic heterocycles. The number of para-hydroxylation sites is 2. The molecule has 11 heteroatoms. The highest BCUT2D eigenvalue weighted by Crippen LogP contribution is 2.41. The minimum absolute atomic E-state index is 0. The number of aryl methyl sites for hydroxylation is 1. The van der Waals surface area contributed by atoms with Crippen LogP contribution >= 0.6 is 0 Å². The van der Waals surface area contributed by atoms with Gasteiger partial charge in [-0.2, -0.15) is 0 Å². The molecule has 0 saturated carbocycles. The van der Waals surface area contributed by atoms with Crippen molar-refractivity contribution < 1.29 is 28.9 Å². The van der Waals surface area contributed by atoms with Gasteiger partial charge in [0.1, 0.15) is 5.82 Å². The number of carbonyl (C=O) groups excluding carboxylic acids is 1. The van der Waals surface area contributed by atoms with Crippen molar-refractivity contribution in [2.75, 3.05) is 71.6 Å². The molecule has 2 N–H and O–H groups in total. The SMILES string of the molecule is CCOCCn1c(N2CCCN(CCC3(Cc4ccc(F)cc4)CCN(Cc4cc(C)c(OC)c(OC)c4)C3=O)CC2)nc2ccccc21.O. The lowest BCUT2D eigenvalue weighted by atomic mass is 9.77. The third kappa shape index (κ3) is 8.06. The van der Waals surface area contributed by atoms with Gasteiger partial charge in [-0.3, -0.25) is 4.79 Å². The van der Waals surface area contributed by atoms with Crippen molar-refractivity contribution in [1.82, 2.24) is 19.4 Å². The second-order valence-corrected chi connectivity index (χ2v) is 13.4. The van der Waals surface area contributed by atoms with Crippen molar-refractivity contribution in [2.45, 2.75) is 52.6 Å². The number of carbonyl (C=O) groups is 1. The first-order chi connectivity index (χ1) is 23.8. The Kier molecular flexibility index (Phi) is 12.4. The first kappa shape index (κ1) is 37.1. The van der Waals surface area contributed by atoms with E-state index in [4.69, 9.17) is 19.2 Å². The molecule has 1 amide bonds. The van der Waals surface area contributed by atoms with Gasteiger partial charge in [0.15, 0.2) is 11.5 Å². The molecule has 2 saturated heterocycles. The Morgan fingerprint density at radius 3 is 2.48 bits per heavy atom. The smallest absolute Gasteiger partial charge is 0.229 e. The molecule has 6 rings (SSSR count). The first-order valence-electron chi connectivity index (χ1n) is 17.6. The molecule has 3 heterocycles. The fraction of sp³-hybridized carbons (Fsp3) is 0.487. The third-order valence-corrected chi connectivity index (χ3v) is 10.2. The molecule has 270 valence electrons. The van der Waals surface area contributed by atoms with Gasteiger partial charge in [0, 0.05) is 45.9 Å². The van der Waals surface area contributed by atoms with E-state index in [1.165, 1.54) is 12.1 Å². The van der Waals surface area contributed by atoms with Gasteiger partial charge in [-0.05, 0) is 99.6 Å². The zero-order valence-electron chi connectivity index (χ0n) is 29.9. The number of hydrogen-bond donors (Lipinski definition) is 0. The average Bonchev–Trinajstić information content (AvgIpc) is 3.50. The summed E-state index contributed by atoms with van der Waals surface area (Å²) in [7, 11) is 3.28. The van der Waals surface area contributed by atoms with Crippen molar-refractivity contribution in [2.24, 2.45) is 5.41 Å². The van der Waals surface area contributed by atoms with Crippen molar-refractivity contribution in [3.8, 4) is 11.5 Å². The van der Waals surface area contributed by atoms with Gasteiger partial charge in [0.2, 0.25) is 11.9 Å². The number of amides is 1. The van der Waals surface area contributed by atoms with Crippen LogP contribution in [0.25, 0.3) is 11.0 Å². The number of benzene rings is 3. The number of likely N-dealkylation sites (tertiary alicyclic amines) is 1. The summed E-state index contributed by atoms with van der Waals surface area (Å²) in [6.07, 6.45) is 3.12. The topological polar surface area (TPSA) is 104 Å². The predicted molar refractivity (Wildman–Crippen MR) is 195 cm³/mol. The number of imidazole rings is 1. The van der Waals surface area contributed by atoms with Gasteiger partial charge >= 0.3 is 0 Å². The fourth-order valence-electron chi connectivity index (χ4n) is 7.65. The number of ether oxygens (including phenoxy) is 3. The average molecular weight is 690 g/mol. The Balaban J connectivity index is 0.00000486. The van der Waals surface area contributed by atoms with Crippen LogP contribution in [0.4, 0.5) is 10.3 Å². The Bertz CT molecular complexity index is 1730. The van der Waals surface area contributed by atoms with Gasteiger partial charge in [-0.1, -0.05) is 30.3 Å². The van der Waals surface area contributed by atoms with Crippen molar-refractivity contribution in [3.05, 3.63) is 83.2 Å². The summed E-state index contributed by atoms with van der Waals surface area (Å²) in [4.78, 5) is 26.4. The number of anilines is 1. The zero-order valence-corrected chi connectivity index (χ0v) is 29.9. The second kappa shape index (κ2) is 16.7. The largest absolute Gasteiger partial charge is 0.493 e. The monoisotopic (exact) mass is 689 g/mol. The standard InChI is InChI=1S/C39H50FN5O4.H2O/c1-5-49-24-23-45-34-10-7-6-9-33(34)41-38(45)43-18-8-17-42(21-22-43)19-15-39(27-30-11-13-32(40)14-12-30)16-20-44(37(39)46)28-31-25-29(2)36(48-4)35(26-31)47-3;/h6-7,9-14,25-26H,5,8,15-24,27-28H2,1-4H3;1H2. The summed E-state index contributed by atoms with van der Waals surface area (Å²) in [6, 6.07) is 19.0. The molecule has 1 unspecified atom stereocenters. The fourth-order valence-corrected chi connectivity index (χ4v) is 7.65. The quantitative estimate of drug-likeness (QED) is 0.166. The Hall–Kier alpha value is -4.19. The lowest BCUT2D eigenvalue weighted by Gasteiger charge is -2.31. The summed E-state index contributed by atoms with van der Waals surface area (Å²) in [5.74, 6) is 2.29. The lowest BCUT2D eigenvalue weighted by Crippen LogP contribution is -2.40. The predicted octanol–water partition coefficient (Wildman–Crippen LogP) is 5.28. The number of hydrogen-bond acceptors (Lipinski definition) is 7. The summed E-state index contributed by atoms with van der Waals surface area (Å²) in [5, 5.41) is 0. The lowest BCUT2D eigenvalue weighted by molar-refractivity contribution is -0.137. The van der Waals surface area contributed by atoms with Crippen LogP contribution in [0.15, 0.2) is 60.7 Å². The van der Waals surface area contributed by atoms with Gasteiger partial charge in [0.05, 0.1) is 37.3 Å². The maximum atomic E-state index is 14.4. The summed E-state index contributed by atoms with van der Waals surface area (Å²) < 4.78 is 33.0. The summed E-state index contributed by atoms with van der Waals surface area (Å²) >= 11 is 0. The van der Waals surface area contributed by atoms with Crippen molar-refractivity contribution in [3.63, 3.8) is 0 Å².